The zero-order valence-electron chi connectivity index (χ0n) is 13.7. The van der Waals surface area contributed by atoms with Crippen molar-refractivity contribution in [1.82, 2.24) is 20.1 Å². The van der Waals surface area contributed by atoms with Gasteiger partial charge in [-0.25, -0.2) is 0 Å². The number of aromatic nitrogens is 1. The number of rotatable bonds is 2. The van der Waals surface area contributed by atoms with Crippen molar-refractivity contribution in [2.75, 3.05) is 45.9 Å². The zero-order chi connectivity index (χ0) is 17.1. The molecule has 0 spiro atoms. The first-order valence-corrected chi connectivity index (χ1v) is 8.16. The first-order chi connectivity index (χ1) is 11.6. The van der Waals surface area contributed by atoms with Crippen LogP contribution in [-0.2, 0) is 9.53 Å². The van der Waals surface area contributed by atoms with Crippen LogP contribution in [-0.4, -0.2) is 78.6 Å². The second-order valence-corrected chi connectivity index (χ2v) is 6.04. The van der Waals surface area contributed by atoms with Crippen molar-refractivity contribution < 1.29 is 14.3 Å². The molecule has 0 unspecified atom stereocenters. The van der Waals surface area contributed by atoms with E-state index in [2.05, 4.69) is 10.3 Å². The molecule has 0 aromatic carbocycles. The van der Waals surface area contributed by atoms with Gasteiger partial charge in [-0.05, 0) is 19.1 Å². The van der Waals surface area contributed by atoms with Crippen LogP contribution in [0.4, 0.5) is 0 Å². The summed E-state index contributed by atoms with van der Waals surface area (Å²) in [5.41, 5.74) is 0.344. The minimum atomic E-state index is -0.593. The van der Waals surface area contributed by atoms with Gasteiger partial charge in [-0.15, -0.1) is 0 Å². The van der Waals surface area contributed by atoms with Crippen molar-refractivity contribution in [2.24, 2.45) is 0 Å². The number of piperazine rings is 1. The van der Waals surface area contributed by atoms with Gasteiger partial charge < -0.3 is 24.8 Å². The number of H-pyrrole nitrogens is 1. The summed E-state index contributed by atoms with van der Waals surface area (Å²) in [6.45, 7) is 5.23. The van der Waals surface area contributed by atoms with E-state index in [4.69, 9.17) is 4.74 Å². The van der Waals surface area contributed by atoms with E-state index in [0.717, 1.165) is 0 Å². The van der Waals surface area contributed by atoms with Gasteiger partial charge in [0.2, 0.25) is 5.91 Å². The van der Waals surface area contributed by atoms with Gasteiger partial charge in [0.05, 0.1) is 13.2 Å². The van der Waals surface area contributed by atoms with Crippen LogP contribution in [0.5, 0.6) is 0 Å². The molecule has 130 valence electrons. The molecule has 2 aliphatic rings. The lowest BCUT2D eigenvalue weighted by Gasteiger charge is -2.38. The molecule has 0 radical (unpaired) electrons. The normalized spacial score (nSPS) is 21.6. The highest BCUT2D eigenvalue weighted by molar-refractivity contribution is 5.97. The number of hydrogen-bond acceptors (Lipinski definition) is 5. The number of nitrogens with zero attached hydrogens (tertiary/aromatic N) is 2. The molecule has 8 nitrogen and oxygen atoms in total. The van der Waals surface area contributed by atoms with E-state index in [1.54, 1.807) is 17.9 Å². The molecule has 1 aromatic rings. The molecule has 1 aromatic heterocycles. The summed E-state index contributed by atoms with van der Waals surface area (Å²) < 4.78 is 5.27. The molecule has 0 bridgehead atoms. The Hall–Kier alpha value is -2.19. The van der Waals surface area contributed by atoms with E-state index in [0.29, 0.717) is 51.6 Å². The second kappa shape index (κ2) is 7.14. The average molecular weight is 334 g/mol. The summed E-state index contributed by atoms with van der Waals surface area (Å²) in [7, 11) is 0. The molecule has 0 aliphatic carbocycles. The molecule has 2 aliphatic heterocycles. The molecule has 1 atom stereocenters. The lowest BCUT2D eigenvalue weighted by atomic mass is 10.1. The first-order valence-electron chi connectivity index (χ1n) is 8.16. The Bertz CT molecular complexity index is 681. The van der Waals surface area contributed by atoms with Gasteiger partial charge in [0.25, 0.3) is 11.5 Å². The maximum atomic E-state index is 12.8. The summed E-state index contributed by atoms with van der Waals surface area (Å²) >= 11 is 0. The van der Waals surface area contributed by atoms with Crippen molar-refractivity contribution in [3.8, 4) is 0 Å². The van der Waals surface area contributed by atoms with E-state index in [9.17, 15) is 14.4 Å². The number of aryl methyl sites for hydroxylation is 1. The highest BCUT2D eigenvalue weighted by Gasteiger charge is 2.36. The van der Waals surface area contributed by atoms with E-state index < -0.39 is 17.5 Å². The van der Waals surface area contributed by atoms with Gasteiger partial charge in [0, 0.05) is 38.4 Å². The van der Waals surface area contributed by atoms with Gasteiger partial charge in [-0.1, -0.05) is 0 Å². The molecule has 2 N–H and O–H groups in total. The van der Waals surface area contributed by atoms with Crippen LogP contribution in [0.1, 0.15) is 16.1 Å². The fraction of sp³-hybridized carbons (Fsp3) is 0.562. The number of morpholine rings is 1. The Morgan fingerprint density at radius 3 is 2.67 bits per heavy atom. The van der Waals surface area contributed by atoms with Crippen LogP contribution in [0.15, 0.2) is 16.9 Å². The highest BCUT2D eigenvalue weighted by Crippen LogP contribution is 2.12. The fourth-order valence-electron chi connectivity index (χ4n) is 3.06. The number of amides is 2. The van der Waals surface area contributed by atoms with Crippen LogP contribution < -0.4 is 10.9 Å². The van der Waals surface area contributed by atoms with Crippen LogP contribution >= 0.6 is 0 Å². The predicted octanol–water partition coefficient (Wildman–Crippen LogP) is -1.04. The van der Waals surface area contributed by atoms with Gasteiger partial charge in [0.15, 0.2) is 0 Å². The second-order valence-electron chi connectivity index (χ2n) is 6.04. The minimum Gasteiger partial charge on any atom is -0.378 e. The Balaban J connectivity index is 1.82. The number of carbonyl (C=O) groups excluding carboxylic acids is 2. The standard InChI is InChI=1S/C16H22N4O4/c1-11-2-3-12(14(21)18-11)15(22)20-5-4-17-10-13(20)16(23)19-6-8-24-9-7-19/h2-3,13,17H,4-10H2,1H3,(H,18,21)/t13-/m0/s1. The number of pyridine rings is 1. The number of hydrogen-bond donors (Lipinski definition) is 2. The SMILES string of the molecule is Cc1ccc(C(=O)N2CCNC[C@H]2C(=O)N2CCOCC2)c(=O)[nH]1. The van der Waals surface area contributed by atoms with Crippen LogP contribution in [0, 0.1) is 6.92 Å². The summed E-state index contributed by atoms with van der Waals surface area (Å²) in [5.74, 6) is -0.494. The monoisotopic (exact) mass is 334 g/mol. The van der Waals surface area contributed by atoms with Crippen molar-refractivity contribution in [1.29, 1.82) is 0 Å². The molecule has 8 heteroatoms. The van der Waals surface area contributed by atoms with Gasteiger partial charge in [-0.2, -0.15) is 0 Å². The molecular weight excluding hydrogens is 312 g/mol. The van der Waals surface area contributed by atoms with E-state index in [1.165, 1.54) is 11.0 Å². The van der Waals surface area contributed by atoms with Crippen LogP contribution in [0.3, 0.4) is 0 Å². The predicted molar refractivity (Wildman–Crippen MR) is 86.9 cm³/mol. The van der Waals surface area contributed by atoms with Gasteiger partial charge >= 0.3 is 0 Å². The number of ether oxygens (including phenoxy) is 1. The van der Waals surface area contributed by atoms with Crippen LogP contribution in [0.2, 0.25) is 0 Å². The third-order valence-electron chi connectivity index (χ3n) is 4.40. The lowest BCUT2D eigenvalue weighted by Crippen LogP contribution is -2.61. The molecule has 24 heavy (non-hydrogen) atoms. The minimum absolute atomic E-state index is 0.0716. The van der Waals surface area contributed by atoms with Gasteiger partial charge in [-0.3, -0.25) is 14.4 Å². The maximum absolute atomic E-state index is 12.8. The fourth-order valence-corrected chi connectivity index (χ4v) is 3.06. The summed E-state index contributed by atoms with van der Waals surface area (Å²) in [6.07, 6.45) is 0. The molecule has 3 heterocycles. The number of carbonyl (C=O) groups is 2. The van der Waals surface area contributed by atoms with Crippen molar-refractivity contribution in [3.05, 3.63) is 33.7 Å². The number of nitrogens with one attached hydrogen (secondary N) is 2. The van der Waals surface area contributed by atoms with Crippen LogP contribution in [0.25, 0.3) is 0 Å². The summed E-state index contributed by atoms with van der Waals surface area (Å²) in [4.78, 5) is 43.5. The highest BCUT2D eigenvalue weighted by atomic mass is 16.5. The Morgan fingerprint density at radius 1 is 1.21 bits per heavy atom. The smallest absolute Gasteiger partial charge is 0.260 e. The Kier molecular flexibility index (Phi) is 4.96. The zero-order valence-corrected chi connectivity index (χ0v) is 13.7. The molecule has 3 rings (SSSR count). The maximum Gasteiger partial charge on any atom is 0.260 e. The van der Waals surface area contributed by atoms with E-state index in [1.807, 2.05) is 0 Å². The molecular formula is C16H22N4O4. The van der Waals surface area contributed by atoms with E-state index >= 15 is 0 Å². The summed E-state index contributed by atoms with van der Waals surface area (Å²) in [5, 5.41) is 3.16. The van der Waals surface area contributed by atoms with Crippen molar-refractivity contribution >= 4 is 11.8 Å². The molecule has 2 fully saturated rings. The third-order valence-corrected chi connectivity index (χ3v) is 4.40. The van der Waals surface area contributed by atoms with Crippen molar-refractivity contribution in [3.63, 3.8) is 0 Å². The van der Waals surface area contributed by atoms with Crippen molar-refractivity contribution in [2.45, 2.75) is 13.0 Å². The number of aromatic amines is 1. The molecule has 2 saturated heterocycles. The largest absolute Gasteiger partial charge is 0.378 e. The van der Waals surface area contributed by atoms with Gasteiger partial charge in [0.1, 0.15) is 11.6 Å². The Morgan fingerprint density at radius 2 is 1.96 bits per heavy atom. The van der Waals surface area contributed by atoms with E-state index in [-0.39, 0.29) is 11.5 Å². The Labute approximate surface area is 139 Å². The molecule has 0 saturated carbocycles. The quantitative estimate of drug-likeness (QED) is 0.720. The first kappa shape index (κ1) is 16.7. The lowest BCUT2D eigenvalue weighted by molar-refractivity contribution is -0.140. The third kappa shape index (κ3) is 3.34. The molecule has 2 amide bonds. The average Bonchev–Trinajstić information content (AvgIpc) is 2.61. The topological polar surface area (TPSA) is 94.7 Å². The summed E-state index contributed by atoms with van der Waals surface area (Å²) in [6, 6.07) is 2.62.